The Labute approximate surface area is 284 Å². The van der Waals surface area contributed by atoms with Gasteiger partial charge in [0.25, 0.3) is 0 Å². The highest BCUT2D eigenvalue weighted by Crippen LogP contribution is 2.69. The molecular formula is C41H63N3O3. The Morgan fingerprint density at radius 3 is 2.66 bits per heavy atom. The zero-order valence-corrected chi connectivity index (χ0v) is 29.4. The van der Waals surface area contributed by atoms with E-state index in [9.17, 15) is 10.2 Å². The van der Waals surface area contributed by atoms with Crippen LogP contribution in [0, 0.1) is 40.4 Å². The third-order valence-corrected chi connectivity index (χ3v) is 14.6. The lowest BCUT2D eigenvalue weighted by molar-refractivity contribution is -0.0693. The van der Waals surface area contributed by atoms with Crippen LogP contribution in [0.5, 0.6) is 0 Å². The van der Waals surface area contributed by atoms with Gasteiger partial charge in [-0.1, -0.05) is 49.4 Å². The van der Waals surface area contributed by atoms with Crippen LogP contribution in [0.25, 0.3) is 0 Å². The molecule has 6 nitrogen and oxygen atoms in total. The van der Waals surface area contributed by atoms with Crippen LogP contribution < -0.4 is 11.1 Å². The number of benzene rings is 1. The maximum atomic E-state index is 11.2. The summed E-state index contributed by atoms with van der Waals surface area (Å²) in [6.07, 6.45) is 18.5. The second-order valence-electron chi connectivity index (χ2n) is 17.9. The van der Waals surface area contributed by atoms with Crippen molar-refractivity contribution >= 4 is 5.96 Å². The second-order valence-corrected chi connectivity index (χ2v) is 17.9. The summed E-state index contributed by atoms with van der Waals surface area (Å²) in [6, 6.07) is 10.5. The second kappa shape index (κ2) is 13.1. The Balaban J connectivity index is 0.928. The molecule has 11 atom stereocenters. The number of aliphatic hydroxyl groups excluding tert-OH is 1. The minimum absolute atomic E-state index is 0.0181. The molecule has 5 aliphatic carbocycles. The normalized spacial score (nSPS) is 45.0. The number of rotatable bonds is 9. The standard InChI is InChI=1S/C41H63N3O3/c1-28-23-40(19-13-30(24-40)14-20-41(46)17-7-10-33(45)25-41)36-39(3,47-36)18-15-35-34(28)26-38(35,2)32-12-11-31(22-32)27-44-37(42)43-21-16-29-8-5-4-6-9-29/h4-6,8-9,30-36,45-46H,1,7,10-27H2,2-3H3,(H3,42,43,44)/t30-,31-,32+,33-,34+,35+,36+,38+,39+,40+,41-/m0/s1. The summed E-state index contributed by atoms with van der Waals surface area (Å²) in [5.41, 5.74) is 9.06. The SMILES string of the molecule is C=C1C[C@@]2(CC[C@@H](CC[C@@]3(O)CCC[C@H](O)C3)C2)[C@@H]2O[C@]2(C)CC[C@@H]2[C@@H]1C[C@]2(C)[C@@H]1CC[C@H](CN=C(N)NCCc2ccccc2)C1. The van der Waals surface area contributed by atoms with Crippen molar-refractivity contribution in [2.45, 2.75) is 146 Å². The number of hydrogen-bond donors (Lipinski definition) is 4. The van der Waals surface area contributed by atoms with Crippen molar-refractivity contribution in [2.75, 3.05) is 13.1 Å². The summed E-state index contributed by atoms with van der Waals surface area (Å²) in [5.74, 6) is 4.00. The van der Waals surface area contributed by atoms with E-state index in [4.69, 9.17) is 22.0 Å². The van der Waals surface area contributed by atoms with Crippen LogP contribution in [0.2, 0.25) is 0 Å². The Bertz CT molecular complexity index is 1300. The first-order valence-corrected chi connectivity index (χ1v) is 19.3. The van der Waals surface area contributed by atoms with Crippen LogP contribution in [0.4, 0.5) is 0 Å². The van der Waals surface area contributed by atoms with Gasteiger partial charge >= 0.3 is 0 Å². The largest absolute Gasteiger partial charge is 0.393 e. The van der Waals surface area contributed by atoms with E-state index in [0.29, 0.717) is 47.6 Å². The molecule has 0 aromatic heterocycles. The molecule has 1 saturated heterocycles. The lowest BCUT2D eigenvalue weighted by atomic mass is 9.46. The van der Waals surface area contributed by atoms with Crippen LogP contribution in [-0.4, -0.2) is 52.7 Å². The van der Waals surface area contributed by atoms with Crippen LogP contribution >= 0.6 is 0 Å². The van der Waals surface area contributed by atoms with Crippen molar-refractivity contribution in [3.05, 3.63) is 48.0 Å². The Hall–Kier alpha value is -1.89. The smallest absolute Gasteiger partial charge is 0.188 e. The minimum Gasteiger partial charge on any atom is -0.393 e. The molecule has 6 aliphatic rings. The van der Waals surface area contributed by atoms with E-state index in [0.717, 1.165) is 64.0 Å². The molecule has 5 saturated carbocycles. The molecule has 1 aromatic carbocycles. The number of nitrogens with one attached hydrogen (secondary N) is 1. The molecule has 5 N–H and O–H groups in total. The summed E-state index contributed by atoms with van der Waals surface area (Å²) < 4.78 is 6.71. The van der Waals surface area contributed by atoms with E-state index >= 15 is 0 Å². The van der Waals surface area contributed by atoms with Gasteiger partial charge < -0.3 is 26.0 Å². The van der Waals surface area contributed by atoms with Gasteiger partial charge in [0.15, 0.2) is 5.96 Å². The van der Waals surface area contributed by atoms with Crippen molar-refractivity contribution in [3.63, 3.8) is 0 Å². The zero-order chi connectivity index (χ0) is 32.9. The molecule has 1 spiro atoms. The molecule has 260 valence electrons. The summed E-state index contributed by atoms with van der Waals surface area (Å²) in [4.78, 5) is 4.78. The number of nitrogens with zero attached hydrogens (tertiary/aromatic N) is 1. The zero-order valence-electron chi connectivity index (χ0n) is 29.4. The summed E-state index contributed by atoms with van der Waals surface area (Å²) in [7, 11) is 0. The Morgan fingerprint density at radius 2 is 1.85 bits per heavy atom. The van der Waals surface area contributed by atoms with Crippen molar-refractivity contribution in [3.8, 4) is 0 Å². The highest BCUT2D eigenvalue weighted by atomic mass is 16.6. The molecule has 1 aromatic rings. The van der Waals surface area contributed by atoms with Crippen LogP contribution in [0.15, 0.2) is 47.5 Å². The molecule has 6 heteroatoms. The lowest BCUT2D eigenvalue weighted by Gasteiger charge is -2.58. The maximum Gasteiger partial charge on any atom is 0.188 e. The van der Waals surface area contributed by atoms with Gasteiger partial charge in [-0.2, -0.15) is 0 Å². The van der Waals surface area contributed by atoms with Gasteiger partial charge in [0.05, 0.1) is 23.4 Å². The summed E-state index contributed by atoms with van der Waals surface area (Å²) in [6.45, 7) is 11.5. The number of aliphatic hydroxyl groups is 2. The number of guanidine groups is 1. The first kappa shape index (κ1) is 33.6. The van der Waals surface area contributed by atoms with Crippen molar-refractivity contribution in [1.82, 2.24) is 5.32 Å². The van der Waals surface area contributed by atoms with Gasteiger partial charge in [0, 0.05) is 24.9 Å². The van der Waals surface area contributed by atoms with Crippen molar-refractivity contribution < 1.29 is 14.9 Å². The highest BCUT2D eigenvalue weighted by Gasteiger charge is 2.66. The van der Waals surface area contributed by atoms with Gasteiger partial charge in [0.2, 0.25) is 0 Å². The van der Waals surface area contributed by atoms with E-state index in [1.807, 2.05) is 0 Å². The minimum atomic E-state index is -0.665. The molecule has 0 amide bonds. The first-order chi connectivity index (χ1) is 22.5. The molecule has 0 unspecified atom stereocenters. The quantitative estimate of drug-likeness (QED) is 0.0975. The maximum absolute atomic E-state index is 11.2. The molecule has 6 fully saturated rings. The van der Waals surface area contributed by atoms with E-state index in [1.54, 1.807) is 0 Å². The molecule has 47 heavy (non-hydrogen) atoms. The predicted molar refractivity (Wildman–Crippen MR) is 190 cm³/mol. The van der Waals surface area contributed by atoms with Gasteiger partial charge in [-0.25, -0.2) is 0 Å². The number of hydrogen-bond acceptors (Lipinski definition) is 4. The van der Waals surface area contributed by atoms with Gasteiger partial charge in [-0.05, 0) is 150 Å². The van der Waals surface area contributed by atoms with Gasteiger partial charge in [-0.15, -0.1) is 0 Å². The lowest BCUT2D eigenvalue weighted by Crippen LogP contribution is -2.51. The van der Waals surface area contributed by atoms with E-state index < -0.39 is 5.60 Å². The van der Waals surface area contributed by atoms with E-state index in [-0.39, 0.29) is 17.1 Å². The molecule has 1 aliphatic heterocycles. The summed E-state index contributed by atoms with van der Waals surface area (Å²) >= 11 is 0. The molecule has 1 heterocycles. The Morgan fingerprint density at radius 1 is 1.02 bits per heavy atom. The fraction of sp³-hybridized carbons (Fsp3) is 0.780. The van der Waals surface area contributed by atoms with Crippen LogP contribution in [0.3, 0.4) is 0 Å². The topological polar surface area (TPSA) is 103 Å². The van der Waals surface area contributed by atoms with Gasteiger partial charge in [0.1, 0.15) is 0 Å². The van der Waals surface area contributed by atoms with Crippen LogP contribution in [-0.2, 0) is 11.2 Å². The van der Waals surface area contributed by atoms with Crippen molar-refractivity contribution in [1.29, 1.82) is 0 Å². The fourth-order valence-electron chi connectivity index (χ4n) is 11.8. The van der Waals surface area contributed by atoms with Crippen LogP contribution in [0.1, 0.15) is 122 Å². The third kappa shape index (κ3) is 6.95. The average Bonchev–Trinajstić information content (AvgIpc) is 3.34. The molecule has 7 rings (SSSR count). The number of nitrogens with two attached hydrogens (primary N) is 1. The van der Waals surface area contributed by atoms with E-state index in [2.05, 4.69) is 49.5 Å². The first-order valence-electron chi connectivity index (χ1n) is 19.3. The number of epoxide rings is 1. The average molecular weight is 646 g/mol. The highest BCUT2D eigenvalue weighted by molar-refractivity contribution is 5.77. The fourth-order valence-corrected chi connectivity index (χ4v) is 11.8. The Kier molecular flexibility index (Phi) is 9.36. The van der Waals surface area contributed by atoms with Crippen molar-refractivity contribution in [2.24, 2.45) is 51.1 Å². The predicted octanol–water partition coefficient (Wildman–Crippen LogP) is 7.32. The number of ether oxygens (including phenoxy) is 1. The number of allylic oxidation sites excluding steroid dienone is 1. The molecular weight excluding hydrogens is 582 g/mol. The third-order valence-electron chi connectivity index (χ3n) is 14.6. The number of aliphatic imine (C=N–C) groups is 1. The monoisotopic (exact) mass is 645 g/mol. The summed E-state index contributed by atoms with van der Waals surface area (Å²) in [5, 5.41) is 24.7. The number of fused-ring (bicyclic) bond motifs is 3. The molecule has 0 bridgehead atoms. The molecule has 0 radical (unpaired) electrons. The van der Waals surface area contributed by atoms with E-state index in [1.165, 1.54) is 68.9 Å². The van der Waals surface area contributed by atoms with Gasteiger partial charge in [-0.3, -0.25) is 4.99 Å².